The molecule has 0 N–H and O–H groups in total. The van der Waals surface area contributed by atoms with Crippen molar-refractivity contribution in [3.05, 3.63) is 52.3 Å². The first-order valence-electron chi connectivity index (χ1n) is 4.91. The molecule has 0 spiro atoms. The SMILES string of the molecule is O=S1(=O)C=CS(=C2C=Cc3ccccc32)C1. The molecule has 0 radical (unpaired) electrons. The highest BCUT2D eigenvalue weighted by Gasteiger charge is 2.20. The fourth-order valence-electron chi connectivity index (χ4n) is 1.89. The summed E-state index contributed by atoms with van der Waals surface area (Å²) >= 11 is 0. The van der Waals surface area contributed by atoms with Crippen molar-refractivity contribution >= 4 is 31.3 Å². The summed E-state index contributed by atoms with van der Waals surface area (Å²) in [6, 6.07) is 8.09. The van der Waals surface area contributed by atoms with Crippen LogP contribution >= 0.6 is 10.5 Å². The smallest absolute Gasteiger partial charge is 0.181 e. The number of hydrogen-bond donors (Lipinski definition) is 0. The van der Waals surface area contributed by atoms with Gasteiger partial charge in [-0.3, -0.25) is 0 Å². The molecular formula is C12H10O2S2. The first kappa shape index (κ1) is 10.1. The summed E-state index contributed by atoms with van der Waals surface area (Å²) in [5.41, 5.74) is 2.36. The van der Waals surface area contributed by atoms with Crippen LogP contribution in [0.5, 0.6) is 0 Å². The van der Waals surface area contributed by atoms with E-state index in [9.17, 15) is 8.42 Å². The Morgan fingerprint density at radius 3 is 2.69 bits per heavy atom. The Labute approximate surface area is 97.2 Å². The molecule has 1 unspecified atom stereocenters. The van der Waals surface area contributed by atoms with Gasteiger partial charge in [-0.05, 0) is 22.6 Å². The number of sulfone groups is 1. The Morgan fingerprint density at radius 2 is 1.94 bits per heavy atom. The molecule has 3 rings (SSSR count). The minimum atomic E-state index is -2.96. The van der Waals surface area contributed by atoms with Gasteiger partial charge in [0.25, 0.3) is 0 Å². The highest BCUT2D eigenvalue weighted by Crippen LogP contribution is 2.34. The van der Waals surface area contributed by atoms with Gasteiger partial charge >= 0.3 is 0 Å². The van der Waals surface area contributed by atoms with E-state index in [1.807, 2.05) is 23.6 Å². The Bertz CT molecular complexity index is 649. The highest BCUT2D eigenvalue weighted by molar-refractivity contribution is 8.28. The molecule has 0 saturated heterocycles. The number of hydrogen-bond acceptors (Lipinski definition) is 2. The van der Waals surface area contributed by atoms with Crippen LogP contribution in [0.25, 0.3) is 6.08 Å². The fourth-order valence-corrected chi connectivity index (χ4v) is 6.52. The van der Waals surface area contributed by atoms with Gasteiger partial charge in [0.2, 0.25) is 0 Å². The molecule has 82 valence electrons. The standard InChI is InChI=1S/C12H10O2S2/c13-16(14)8-7-15(9-16)12-6-5-10-3-1-2-4-11(10)12/h1-8H,9H2. The number of fused-ring (bicyclic) bond motifs is 1. The van der Waals surface area contributed by atoms with Gasteiger partial charge in [0.05, 0.1) is 5.08 Å². The van der Waals surface area contributed by atoms with Crippen LogP contribution in [-0.4, -0.2) is 18.4 Å². The fraction of sp³-hybridized carbons (Fsp3) is 0.0833. The van der Waals surface area contributed by atoms with Crippen molar-refractivity contribution in [2.45, 2.75) is 0 Å². The third kappa shape index (κ3) is 1.58. The molecule has 0 fully saturated rings. The van der Waals surface area contributed by atoms with Crippen molar-refractivity contribution in [1.82, 2.24) is 0 Å². The zero-order valence-corrected chi connectivity index (χ0v) is 10.1. The van der Waals surface area contributed by atoms with Gasteiger partial charge in [-0.15, -0.1) is 10.5 Å². The van der Waals surface area contributed by atoms with Crippen LogP contribution in [0, 0.1) is 0 Å². The van der Waals surface area contributed by atoms with E-state index in [2.05, 4.69) is 18.2 Å². The average Bonchev–Trinajstić information content (AvgIpc) is 2.81. The molecule has 0 aromatic heterocycles. The Kier molecular flexibility index (Phi) is 2.16. The van der Waals surface area contributed by atoms with Crippen LogP contribution < -0.4 is 0 Å². The van der Waals surface area contributed by atoms with Gasteiger partial charge in [0.15, 0.2) is 9.84 Å². The Balaban J connectivity index is 2.16. The first-order valence-corrected chi connectivity index (χ1v) is 8.08. The highest BCUT2D eigenvalue weighted by atomic mass is 32.3. The molecule has 16 heavy (non-hydrogen) atoms. The van der Waals surface area contributed by atoms with E-state index in [1.165, 1.54) is 16.5 Å². The molecule has 1 atom stereocenters. The minimum absolute atomic E-state index is 0.237. The second kappa shape index (κ2) is 3.43. The van der Waals surface area contributed by atoms with Gasteiger partial charge in [-0.1, -0.05) is 30.3 Å². The molecule has 1 aromatic rings. The average molecular weight is 250 g/mol. The summed E-state index contributed by atoms with van der Waals surface area (Å²) < 4.78 is 22.8. The predicted octanol–water partition coefficient (Wildman–Crippen LogP) is 2.36. The minimum Gasteiger partial charge on any atom is -0.223 e. The lowest BCUT2D eigenvalue weighted by Gasteiger charge is -2.04. The summed E-state index contributed by atoms with van der Waals surface area (Å²) in [5, 5.41) is 3.40. The van der Waals surface area contributed by atoms with Crippen molar-refractivity contribution < 1.29 is 8.42 Å². The lowest BCUT2D eigenvalue weighted by molar-refractivity contribution is 0.609. The number of benzene rings is 1. The molecule has 0 amide bonds. The maximum absolute atomic E-state index is 11.4. The van der Waals surface area contributed by atoms with Gasteiger partial charge in [-0.2, -0.15) is 0 Å². The van der Waals surface area contributed by atoms with Gasteiger partial charge in [0, 0.05) is 10.3 Å². The normalized spacial score (nSPS) is 27.2. The Hall–Kier alpha value is -1.13. The molecule has 1 heterocycles. The van der Waals surface area contributed by atoms with Crippen LogP contribution in [0.15, 0.2) is 41.2 Å². The number of rotatable bonds is 0. The third-order valence-electron chi connectivity index (χ3n) is 2.64. The number of allylic oxidation sites excluding steroid dienone is 1. The quantitative estimate of drug-likeness (QED) is 0.662. The Morgan fingerprint density at radius 1 is 1.12 bits per heavy atom. The second-order valence-corrected chi connectivity index (χ2v) is 7.88. The largest absolute Gasteiger partial charge is 0.223 e. The summed E-state index contributed by atoms with van der Waals surface area (Å²) in [4.78, 5) is 1.15. The van der Waals surface area contributed by atoms with Crippen molar-refractivity contribution in [3.63, 3.8) is 0 Å². The van der Waals surface area contributed by atoms with E-state index < -0.39 is 9.84 Å². The third-order valence-corrected chi connectivity index (χ3v) is 7.08. The predicted molar refractivity (Wildman–Crippen MR) is 70.1 cm³/mol. The van der Waals surface area contributed by atoms with Crippen molar-refractivity contribution in [1.29, 1.82) is 0 Å². The van der Waals surface area contributed by atoms with Crippen LogP contribution in [0.1, 0.15) is 11.1 Å². The van der Waals surface area contributed by atoms with Gasteiger partial charge in [0.1, 0.15) is 0 Å². The first-order chi connectivity index (χ1) is 7.66. The summed E-state index contributed by atoms with van der Waals surface area (Å²) in [7, 11) is -3.23. The lowest BCUT2D eigenvalue weighted by Crippen LogP contribution is -1.98. The van der Waals surface area contributed by atoms with Crippen LogP contribution in [-0.2, 0) is 9.84 Å². The van der Waals surface area contributed by atoms with Crippen LogP contribution in [0.2, 0.25) is 0 Å². The molecule has 1 aliphatic carbocycles. The summed E-state index contributed by atoms with van der Waals surface area (Å²) in [6.45, 7) is 0. The van der Waals surface area contributed by atoms with Crippen molar-refractivity contribution in [2.75, 3.05) is 5.08 Å². The molecular weight excluding hydrogens is 240 g/mol. The van der Waals surface area contributed by atoms with E-state index in [0.29, 0.717) is 0 Å². The van der Waals surface area contributed by atoms with E-state index in [-0.39, 0.29) is 15.6 Å². The molecule has 1 aliphatic heterocycles. The zero-order chi connectivity index (χ0) is 11.2. The maximum Gasteiger partial charge on any atom is 0.181 e. The van der Waals surface area contributed by atoms with E-state index in [0.717, 1.165) is 4.86 Å². The lowest BCUT2D eigenvalue weighted by atomic mass is 10.1. The molecule has 0 bridgehead atoms. The monoisotopic (exact) mass is 250 g/mol. The van der Waals surface area contributed by atoms with E-state index in [1.54, 1.807) is 0 Å². The molecule has 2 aliphatic rings. The van der Waals surface area contributed by atoms with Crippen molar-refractivity contribution in [2.24, 2.45) is 0 Å². The molecule has 4 heteroatoms. The molecule has 1 aromatic carbocycles. The maximum atomic E-state index is 11.4. The van der Waals surface area contributed by atoms with Gasteiger partial charge < -0.3 is 0 Å². The summed E-state index contributed by atoms with van der Waals surface area (Å²) in [6.07, 6.45) is 4.09. The van der Waals surface area contributed by atoms with Gasteiger partial charge in [-0.25, -0.2) is 8.42 Å². The molecule has 2 nitrogen and oxygen atoms in total. The van der Waals surface area contributed by atoms with Crippen molar-refractivity contribution in [3.8, 4) is 0 Å². The summed E-state index contributed by atoms with van der Waals surface area (Å²) in [5.74, 6) is 0. The topological polar surface area (TPSA) is 34.1 Å². The van der Waals surface area contributed by atoms with Crippen LogP contribution in [0.4, 0.5) is 0 Å². The van der Waals surface area contributed by atoms with E-state index >= 15 is 0 Å². The second-order valence-electron chi connectivity index (χ2n) is 3.77. The van der Waals surface area contributed by atoms with Crippen LogP contribution in [0.3, 0.4) is 0 Å². The zero-order valence-electron chi connectivity index (χ0n) is 8.46. The molecule has 0 saturated carbocycles. The van der Waals surface area contributed by atoms with E-state index in [4.69, 9.17) is 0 Å².